The van der Waals surface area contributed by atoms with Crippen LogP contribution in [0.25, 0.3) is 33.7 Å². The van der Waals surface area contributed by atoms with E-state index in [1.165, 1.54) is 30.6 Å². The minimum atomic E-state index is -4.50. The van der Waals surface area contributed by atoms with Crippen molar-refractivity contribution in [2.45, 2.75) is 32.2 Å². The van der Waals surface area contributed by atoms with Gasteiger partial charge >= 0.3 is 6.18 Å². The van der Waals surface area contributed by atoms with Gasteiger partial charge in [-0.15, -0.1) is 0 Å². The fraction of sp³-hybridized carbons (Fsp3) is 0.346. The summed E-state index contributed by atoms with van der Waals surface area (Å²) in [5, 5.41) is 14.8. The minimum absolute atomic E-state index is 0.106. The third-order valence-electron chi connectivity index (χ3n) is 6.25. The maximum absolute atomic E-state index is 13.3. The van der Waals surface area contributed by atoms with Gasteiger partial charge in [-0.05, 0) is 49.7 Å². The molecule has 0 radical (unpaired) electrons. The average Bonchev–Trinajstić information content (AvgIpc) is 3.24. The van der Waals surface area contributed by atoms with Gasteiger partial charge in [-0.2, -0.15) is 18.3 Å². The molecule has 1 aliphatic rings. The number of aliphatic hydroxyl groups is 1. The van der Waals surface area contributed by atoms with E-state index >= 15 is 0 Å². The molecule has 38 heavy (non-hydrogen) atoms. The number of benzene rings is 1. The van der Waals surface area contributed by atoms with Crippen LogP contribution in [0.4, 0.5) is 13.2 Å². The molecule has 1 saturated heterocycles. The summed E-state index contributed by atoms with van der Waals surface area (Å²) in [5.74, 6) is -0.131. The molecule has 1 aromatic carbocycles. The van der Waals surface area contributed by atoms with Crippen LogP contribution >= 0.6 is 0 Å². The lowest BCUT2D eigenvalue weighted by atomic mass is 9.98. The Morgan fingerprint density at radius 2 is 1.76 bits per heavy atom. The van der Waals surface area contributed by atoms with Gasteiger partial charge in [0.1, 0.15) is 12.2 Å². The quantitative estimate of drug-likeness (QED) is 0.422. The van der Waals surface area contributed by atoms with E-state index in [1.54, 1.807) is 37.1 Å². The van der Waals surface area contributed by atoms with Gasteiger partial charge in [0.15, 0.2) is 5.82 Å². The maximum Gasteiger partial charge on any atom is 0.408 e. The Bertz CT molecular complexity index is 1470. The second-order valence-corrected chi connectivity index (χ2v) is 9.54. The van der Waals surface area contributed by atoms with E-state index in [2.05, 4.69) is 20.1 Å². The van der Waals surface area contributed by atoms with Crippen molar-refractivity contribution in [1.29, 1.82) is 0 Å². The van der Waals surface area contributed by atoms with E-state index in [1.807, 2.05) is 0 Å². The first-order valence-electron chi connectivity index (χ1n) is 12.0. The zero-order valence-electron chi connectivity index (χ0n) is 20.7. The summed E-state index contributed by atoms with van der Waals surface area (Å²) < 4.78 is 46.0. The van der Waals surface area contributed by atoms with Crippen molar-refractivity contribution in [1.82, 2.24) is 29.6 Å². The van der Waals surface area contributed by atoms with Gasteiger partial charge in [0.25, 0.3) is 5.91 Å². The monoisotopic (exact) mass is 526 g/mol. The highest BCUT2D eigenvalue weighted by Crippen LogP contribution is 2.31. The first kappa shape index (κ1) is 25.7. The second kappa shape index (κ2) is 9.76. The van der Waals surface area contributed by atoms with Crippen LogP contribution in [0, 0.1) is 0 Å². The molecule has 4 heterocycles. The standard InChI is InChI=1S/C26H25F3N6O3/c1-25(2,37)18-5-6-30-20(12-18)17-13-31-23(32-14-17)22-19-11-16(24(36)34-7-9-38-10-8-34)3-4-21(19)35(33-22)15-26(27,28)29/h3-6,11-14,37H,7-10,15H2,1-2H3. The SMILES string of the molecule is CC(C)(O)c1ccnc(-c2cnc(-c3nn(CC(F)(F)F)c4ccc(C(=O)N5CCOCC5)cc34)nc2)c1. The first-order chi connectivity index (χ1) is 18.0. The third kappa shape index (κ3) is 5.36. The van der Waals surface area contributed by atoms with Gasteiger partial charge in [-0.1, -0.05) is 0 Å². The van der Waals surface area contributed by atoms with Crippen LogP contribution in [0.1, 0.15) is 29.8 Å². The Morgan fingerprint density at radius 3 is 2.42 bits per heavy atom. The number of rotatable bonds is 5. The van der Waals surface area contributed by atoms with Gasteiger partial charge in [0.05, 0.1) is 30.0 Å². The Kier molecular flexibility index (Phi) is 6.61. The van der Waals surface area contributed by atoms with Crippen LogP contribution in [0.2, 0.25) is 0 Å². The molecule has 0 aliphatic carbocycles. The van der Waals surface area contributed by atoms with E-state index in [0.717, 1.165) is 4.68 Å². The Morgan fingerprint density at radius 1 is 1.05 bits per heavy atom. The fourth-order valence-corrected chi connectivity index (χ4v) is 4.27. The molecule has 0 saturated carbocycles. The lowest BCUT2D eigenvalue weighted by Crippen LogP contribution is -2.40. The molecule has 0 bridgehead atoms. The lowest BCUT2D eigenvalue weighted by Gasteiger charge is -2.26. The number of carbonyl (C=O) groups is 1. The van der Waals surface area contributed by atoms with E-state index in [-0.39, 0.29) is 22.9 Å². The number of pyridine rings is 1. The maximum atomic E-state index is 13.3. The largest absolute Gasteiger partial charge is 0.408 e. The van der Waals surface area contributed by atoms with Crippen molar-refractivity contribution in [2.24, 2.45) is 0 Å². The van der Waals surface area contributed by atoms with Crippen molar-refractivity contribution in [2.75, 3.05) is 26.3 Å². The van der Waals surface area contributed by atoms with Gasteiger partial charge in [0, 0.05) is 48.2 Å². The molecular formula is C26H25F3N6O3. The number of carbonyl (C=O) groups excluding carboxylic acids is 1. The molecule has 9 nitrogen and oxygen atoms in total. The predicted molar refractivity (Wildman–Crippen MR) is 132 cm³/mol. The molecule has 1 fully saturated rings. The van der Waals surface area contributed by atoms with Crippen LogP contribution in [0.3, 0.4) is 0 Å². The number of ether oxygens (including phenoxy) is 1. The molecule has 1 amide bonds. The number of amides is 1. The average molecular weight is 527 g/mol. The molecule has 3 aromatic heterocycles. The van der Waals surface area contributed by atoms with Crippen molar-refractivity contribution < 1.29 is 27.8 Å². The lowest BCUT2D eigenvalue weighted by molar-refractivity contribution is -0.141. The molecule has 4 aromatic rings. The van der Waals surface area contributed by atoms with Gasteiger partial charge < -0.3 is 14.7 Å². The molecule has 1 N–H and O–H groups in total. The number of hydrogen-bond donors (Lipinski definition) is 1. The van der Waals surface area contributed by atoms with Gasteiger partial charge in [-0.3, -0.25) is 14.5 Å². The molecule has 5 rings (SSSR count). The number of halogens is 3. The highest BCUT2D eigenvalue weighted by Gasteiger charge is 2.31. The van der Waals surface area contributed by atoms with Crippen LogP contribution in [-0.4, -0.2) is 73.1 Å². The number of morpholine rings is 1. The topological polar surface area (TPSA) is 106 Å². The van der Waals surface area contributed by atoms with Crippen LogP contribution in [-0.2, 0) is 16.9 Å². The Hall–Kier alpha value is -3.90. The second-order valence-electron chi connectivity index (χ2n) is 9.54. The zero-order valence-corrected chi connectivity index (χ0v) is 20.7. The molecule has 198 valence electrons. The number of hydrogen-bond acceptors (Lipinski definition) is 7. The summed E-state index contributed by atoms with van der Waals surface area (Å²) in [6.07, 6.45) is 0.0581. The highest BCUT2D eigenvalue weighted by atomic mass is 19.4. The predicted octanol–water partition coefficient (Wildman–Crippen LogP) is 3.82. The van der Waals surface area contributed by atoms with E-state index in [9.17, 15) is 23.1 Å². The van der Waals surface area contributed by atoms with Crippen molar-refractivity contribution >= 4 is 16.8 Å². The van der Waals surface area contributed by atoms with Gasteiger partial charge in [-0.25, -0.2) is 9.97 Å². The number of alkyl halides is 3. The number of nitrogens with zero attached hydrogens (tertiary/aromatic N) is 6. The highest BCUT2D eigenvalue weighted by molar-refractivity contribution is 6.01. The first-order valence-corrected chi connectivity index (χ1v) is 12.0. The summed E-state index contributed by atoms with van der Waals surface area (Å²) in [5.41, 5.74) is 1.34. The smallest absolute Gasteiger partial charge is 0.386 e. The van der Waals surface area contributed by atoms with E-state index in [0.29, 0.717) is 54.1 Å². The minimum Gasteiger partial charge on any atom is -0.386 e. The van der Waals surface area contributed by atoms with E-state index < -0.39 is 18.3 Å². The number of fused-ring (bicyclic) bond motifs is 1. The third-order valence-corrected chi connectivity index (χ3v) is 6.25. The molecule has 0 atom stereocenters. The van der Waals surface area contributed by atoms with Gasteiger partial charge in [0.2, 0.25) is 0 Å². The normalized spacial score (nSPS) is 14.7. The Labute approximate surface area is 215 Å². The van der Waals surface area contributed by atoms with E-state index in [4.69, 9.17) is 4.74 Å². The summed E-state index contributed by atoms with van der Waals surface area (Å²) in [7, 11) is 0. The molecule has 0 spiro atoms. The van der Waals surface area contributed by atoms with Crippen molar-refractivity contribution in [3.63, 3.8) is 0 Å². The van der Waals surface area contributed by atoms with Crippen LogP contribution in [0.5, 0.6) is 0 Å². The number of aromatic nitrogens is 5. The molecule has 0 unspecified atom stereocenters. The zero-order chi connectivity index (χ0) is 27.1. The van der Waals surface area contributed by atoms with Crippen LogP contribution in [0.15, 0.2) is 48.9 Å². The summed E-state index contributed by atoms with van der Waals surface area (Å²) in [6.45, 7) is 3.74. The summed E-state index contributed by atoms with van der Waals surface area (Å²) in [4.78, 5) is 27.7. The van der Waals surface area contributed by atoms with Crippen LogP contribution < -0.4 is 0 Å². The molecule has 12 heteroatoms. The fourth-order valence-electron chi connectivity index (χ4n) is 4.27. The Balaban J connectivity index is 1.54. The summed E-state index contributed by atoms with van der Waals surface area (Å²) in [6, 6.07) is 7.92. The molecule has 1 aliphatic heterocycles. The summed E-state index contributed by atoms with van der Waals surface area (Å²) >= 11 is 0. The van der Waals surface area contributed by atoms with Crippen molar-refractivity contribution in [3.8, 4) is 22.8 Å². The van der Waals surface area contributed by atoms with Crippen molar-refractivity contribution in [3.05, 3.63) is 60.0 Å². The molecular weight excluding hydrogens is 501 g/mol.